The van der Waals surface area contributed by atoms with Gasteiger partial charge in [-0.1, -0.05) is 0 Å². The van der Waals surface area contributed by atoms with E-state index in [-0.39, 0.29) is 10.9 Å². The van der Waals surface area contributed by atoms with E-state index in [0.717, 1.165) is 0 Å². The second-order valence-electron chi connectivity index (χ2n) is 1.56. The number of aromatic nitrogens is 2. The Balaban J connectivity index is 3.59. The van der Waals surface area contributed by atoms with Crippen LogP contribution in [0.15, 0.2) is 15.8 Å². The fourth-order valence-electron chi connectivity index (χ4n) is 0.432. The summed E-state index contributed by atoms with van der Waals surface area (Å²) >= 11 is 0. The molecule has 0 spiro atoms. The minimum Gasteiger partial charge on any atom is -0.802 e. The summed E-state index contributed by atoms with van der Waals surface area (Å²) in [7, 11) is 0. The summed E-state index contributed by atoms with van der Waals surface area (Å²) in [6, 6.07) is 0. The van der Waals surface area contributed by atoms with Gasteiger partial charge in [0.15, 0.2) is 0 Å². The second-order valence-corrected chi connectivity index (χ2v) is 1.56. The van der Waals surface area contributed by atoms with Crippen LogP contribution in [0.25, 0.3) is 0 Å². The van der Waals surface area contributed by atoms with Crippen molar-refractivity contribution < 1.29 is 4.39 Å². The van der Waals surface area contributed by atoms with Gasteiger partial charge in [0.2, 0.25) is 5.82 Å². The number of nitrogens with zero attached hydrogens (tertiary/aromatic N) is 1. The van der Waals surface area contributed by atoms with Crippen molar-refractivity contribution in [3.63, 3.8) is 0 Å². The summed E-state index contributed by atoms with van der Waals surface area (Å²) in [5.41, 5.74) is -2.36. The van der Waals surface area contributed by atoms with Crippen molar-refractivity contribution in [3.05, 3.63) is 38.1 Å². The maximum absolute atomic E-state index is 12.1. The van der Waals surface area contributed by atoms with Gasteiger partial charge in [0.1, 0.15) is 0 Å². The molecule has 1 rings (SSSR count). The highest BCUT2D eigenvalue weighted by Gasteiger charge is 1.95. The molecule has 10 heavy (non-hydrogen) atoms. The molecule has 0 saturated heterocycles. The first-order valence-corrected chi connectivity index (χ1v) is 2.30. The van der Waals surface area contributed by atoms with E-state index in [0.29, 0.717) is 0 Å². The quantitative estimate of drug-likeness (QED) is 0.509. The van der Waals surface area contributed by atoms with Gasteiger partial charge in [-0.25, -0.2) is 4.79 Å². The highest BCUT2D eigenvalue weighted by atomic mass is 19.1. The largest absolute Gasteiger partial charge is 0.802 e. The monoisotopic (exact) mass is 145 g/mol. The van der Waals surface area contributed by atoms with Crippen LogP contribution in [-0.2, 0) is 0 Å². The van der Waals surface area contributed by atoms with Gasteiger partial charge in [0.25, 0.3) is 5.56 Å². The molecule has 0 amide bonds. The number of aromatic amines is 1. The van der Waals surface area contributed by atoms with Gasteiger partial charge in [0.05, 0.1) is 0 Å². The van der Waals surface area contributed by atoms with E-state index in [2.05, 4.69) is 0 Å². The highest BCUT2D eigenvalue weighted by molar-refractivity contribution is 4.87. The Labute approximate surface area is 53.3 Å². The lowest BCUT2D eigenvalue weighted by molar-refractivity contribution is 0.587. The van der Waals surface area contributed by atoms with E-state index in [1.165, 1.54) is 4.98 Å². The van der Waals surface area contributed by atoms with Crippen LogP contribution in [0.3, 0.4) is 0 Å². The molecule has 0 aromatic carbocycles. The zero-order chi connectivity index (χ0) is 7.72. The van der Waals surface area contributed by atoms with Crippen LogP contribution < -0.4 is 11.2 Å². The fourth-order valence-corrected chi connectivity index (χ4v) is 0.432. The Bertz CT molecular complexity index is 321. The first-order chi connectivity index (χ1) is 4.61. The molecule has 0 radical (unpaired) electrons. The highest BCUT2D eigenvalue weighted by Crippen LogP contribution is 1.78. The number of rotatable bonds is 0. The van der Waals surface area contributed by atoms with Crippen LogP contribution >= 0.6 is 0 Å². The molecule has 0 bridgehead atoms. The molecular weight excluding hydrogens is 143 g/mol. The Morgan fingerprint density at radius 2 is 2.20 bits per heavy atom. The number of H-pyrrole nitrogens is 1. The standard InChI is InChI=1S/C4H2FN2O3/c5-2-1-7(10)4(9)6-3(2)8/h1H,(H,6,8,9)/q-1. The Morgan fingerprint density at radius 1 is 1.60 bits per heavy atom. The molecule has 0 saturated carbocycles. The van der Waals surface area contributed by atoms with Gasteiger partial charge in [0, 0.05) is 6.20 Å². The number of hydrogen-bond donors (Lipinski definition) is 1. The van der Waals surface area contributed by atoms with Crippen LogP contribution in [0.1, 0.15) is 0 Å². The minimum atomic E-state index is -1.27. The van der Waals surface area contributed by atoms with Crippen molar-refractivity contribution in [2.75, 3.05) is 0 Å². The van der Waals surface area contributed by atoms with Gasteiger partial charge in [-0.2, -0.15) is 4.39 Å². The summed E-state index contributed by atoms with van der Waals surface area (Å²) < 4.78 is 11.8. The lowest BCUT2D eigenvalue weighted by atomic mass is 10.6. The predicted octanol–water partition coefficient (Wildman–Crippen LogP) is -0.978. The molecule has 5 nitrogen and oxygen atoms in total. The summed E-state index contributed by atoms with van der Waals surface area (Å²) in [5, 5.41) is 10.2. The van der Waals surface area contributed by atoms with Crippen molar-refractivity contribution in [1.29, 1.82) is 0 Å². The summed E-state index contributed by atoms with van der Waals surface area (Å²) in [4.78, 5) is 21.9. The molecule has 0 unspecified atom stereocenters. The van der Waals surface area contributed by atoms with E-state index in [1.54, 1.807) is 0 Å². The van der Waals surface area contributed by atoms with Gasteiger partial charge < -0.3 is 9.94 Å². The van der Waals surface area contributed by atoms with E-state index in [9.17, 15) is 19.2 Å². The second kappa shape index (κ2) is 1.98. The number of hydrogen-bond acceptors (Lipinski definition) is 3. The molecule has 54 valence electrons. The van der Waals surface area contributed by atoms with Crippen molar-refractivity contribution in [3.8, 4) is 0 Å². The third-order valence-corrected chi connectivity index (χ3v) is 0.868. The van der Waals surface area contributed by atoms with Crippen LogP contribution in [-0.4, -0.2) is 9.71 Å². The molecule has 0 aliphatic rings. The van der Waals surface area contributed by atoms with Crippen molar-refractivity contribution in [2.24, 2.45) is 0 Å². The average Bonchev–Trinajstić information content (AvgIpc) is 1.84. The topological polar surface area (TPSA) is 77.9 Å². The van der Waals surface area contributed by atoms with E-state index < -0.39 is 17.1 Å². The van der Waals surface area contributed by atoms with Crippen LogP contribution in [0, 0.1) is 11.0 Å². The Kier molecular flexibility index (Phi) is 1.29. The summed E-state index contributed by atoms with van der Waals surface area (Å²) in [6.45, 7) is 0. The van der Waals surface area contributed by atoms with Crippen molar-refractivity contribution in [2.45, 2.75) is 0 Å². The van der Waals surface area contributed by atoms with Gasteiger partial charge in [-0.3, -0.25) is 9.78 Å². The number of halogens is 1. The van der Waals surface area contributed by atoms with Crippen LogP contribution in [0.2, 0.25) is 0 Å². The predicted molar refractivity (Wildman–Crippen MR) is 30.0 cm³/mol. The normalized spacial score (nSPS) is 9.70. The summed E-state index contributed by atoms with van der Waals surface area (Å²) in [5.74, 6) is -1.27. The average molecular weight is 145 g/mol. The van der Waals surface area contributed by atoms with Gasteiger partial charge in [-0.15, -0.1) is 0 Å². The fraction of sp³-hybridized carbons (Fsp3) is 0. The SMILES string of the molecule is O=c1[nH]c(=O)n([O-])cc1F. The van der Waals surface area contributed by atoms with E-state index in [1.807, 2.05) is 0 Å². The molecule has 1 aromatic rings. The molecule has 1 N–H and O–H groups in total. The molecular formula is C4H2FN2O3-. The van der Waals surface area contributed by atoms with Crippen LogP contribution in [0.5, 0.6) is 0 Å². The first-order valence-electron chi connectivity index (χ1n) is 2.30. The third-order valence-electron chi connectivity index (χ3n) is 0.868. The van der Waals surface area contributed by atoms with Crippen molar-refractivity contribution >= 4 is 0 Å². The molecule has 1 aromatic heterocycles. The van der Waals surface area contributed by atoms with E-state index in [4.69, 9.17) is 0 Å². The van der Waals surface area contributed by atoms with E-state index >= 15 is 0 Å². The zero-order valence-corrected chi connectivity index (χ0v) is 4.63. The first kappa shape index (κ1) is 6.53. The van der Waals surface area contributed by atoms with Crippen LogP contribution in [0.4, 0.5) is 4.39 Å². The minimum absolute atomic E-state index is 0.279. The number of nitrogens with one attached hydrogen (secondary N) is 1. The molecule has 0 fully saturated rings. The Morgan fingerprint density at radius 3 is 2.70 bits per heavy atom. The van der Waals surface area contributed by atoms with Gasteiger partial charge in [-0.05, 0) is 0 Å². The third kappa shape index (κ3) is 0.903. The lowest BCUT2D eigenvalue weighted by Crippen LogP contribution is -2.28. The zero-order valence-electron chi connectivity index (χ0n) is 4.63. The maximum Gasteiger partial charge on any atom is 0.323 e. The smallest absolute Gasteiger partial charge is 0.323 e. The maximum atomic E-state index is 12.1. The molecule has 0 aliphatic carbocycles. The molecule has 0 atom stereocenters. The van der Waals surface area contributed by atoms with Gasteiger partial charge >= 0.3 is 5.69 Å². The molecule has 6 heteroatoms. The Hall–Kier alpha value is -1.59. The van der Waals surface area contributed by atoms with Crippen molar-refractivity contribution in [1.82, 2.24) is 9.71 Å². The summed E-state index contributed by atoms with van der Waals surface area (Å²) in [6.07, 6.45) is 0.279. The molecule has 1 heterocycles. The molecule has 0 aliphatic heterocycles. The lowest BCUT2D eigenvalue weighted by Gasteiger charge is -2.04.